The standard InChI is InChI=1S/C15H23BrN2O/c1-3-14(12-5-7-13(16)8-6-12)18-15(19)9-4-11(2)10-17/h5-8,11,14H,3-4,9-10,17H2,1-2H3,(H,18,19). The summed E-state index contributed by atoms with van der Waals surface area (Å²) in [5, 5.41) is 3.09. The van der Waals surface area contributed by atoms with Crippen molar-refractivity contribution in [2.45, 2.75) is 39.2 Å². The topological polar surface area (TPSA) is 55.1 Å². The van der Waals surface area contributed by atoms with Crippen molar-refractivity contribution in [2.24, 2.45) is 11.7 Å². The van der Waals surface area contributed by atoms with E-state index in [0.717, 1.165) is 22.9 Å². The molecule has 0 saturated heterocycles. The third-order valence-electron chi connectivity index (χ3n) is 3.28. The lowest BCUT2D eigenvalue weighted by atomic mass is 10.0. The molecule has 1 rings (SSSR count). The molecule has 0 spiro atoms. The molecule has 106 valence electrons. The summed E-state index contributed by atoms with van der Waals surface area (Å²) in [6.45, 7) is 4.78. The van der Waals surface area contributed by atoms with Gasteiger partial charge in [0.2, 0.25) is 5.91 Å². The second-order valence-electron chi connectivity index (χ2n) is 4.96. The third kappa shape index (κ3) is 5.74. The highest BCUT2D eigenvalue weighted by Gasteiger charge is 2.13. The quantitative estimate of drug-likeness (QED) is 0.806. The fourth-order valence-electron chi connectivity index (χ4n) is 1.88. The molecule has 19 heavy (non-hydrogen) atoms. The summed E-state index contributed by atoms with van der Waals surface area (Å²) >= 11 is 3.42. The molecule has 0 aromatic heterocycles. The molecule has 0 heterocycles. The van der Waals surface area contributed by atoms with Gasteiger partial charge in [-0.15, -0.1) is 0 Å². The van der Waals surface area contributed by atoms with Gasteiger partial charge in [0.1, 0.15) is 0 Å². The van der Waals surface area contributed by atoms with E-state index in [2.05, 4.69) is 35.1 Å². The third-order valence-corrected chi connectivity index (χ3v) is 3.81. The fraction of sp³-hybridized carbons (Fsp3) is 0.533. The second-order valence-corrected chi connectivity index (χ2v) is 5.88. The first-order chi connectivity index (χ1) is 9.06. The van der Waals surface area contributed by atoms with Gasteiger partial charge in [-0.2, -0.15) is 0 Å². The van der Waals surface area contributed by atoms with E-state index >= 15 is 0 Å². The van der Waals surface area contributed by atoms with E-state index in [-0.39, 0.29) is 11.9 Å². The Morgan fingerprint density at radius 1 is 1.37 bits per heavy atom. The minimum Gasteiger partial charge on any atom is -0.349 e. The molecule has 0 bridgehead atoms. The predicted octanol–water partition coefficient (Wildman–Crippen LogP) is 3.39. The van der Waals surface area contributed by atoms with E-state index in [1.165, 1.54) is 0 Å². The van der Waals surface area contributed by atoms with E-state index in [4.69, 9.17) is 5.73 Å². The number of hydrogen-bond donors (Lipinski definition) is 2. The minimum absolute atomic E-state index is 0.0915. The molecule has 0 aliphatic rings. The van der Waals surface area contributed by atoms with Crippen LogP contribution in [0.2, 0.25) is 0 Å². The maximum absolute atomic E-state index is 11.9. The molecular weight excluding hydrogens is 304 g/mol. The molecule has 2 unspecified atom stereocenters. The predicted molar refractivity (Wildman–Crippen MR) is 82.8 cm³/mol. The van der Waals surface area contributed by atoms with Crippen molar-refractivity contribution in [1.82, 2.24) is 5.32 Å². The van der Waals surface area contributed by atoms with Crippen LogP contribution in [0.5, 0.6) is 0 Å². The van der Waals surface area contributed by atoms with E-state index in [1.54, 1.807) is 0 Å². The lowest BCUT2D eigenvalue weighted by Crippen LogP contribution is -2.28. The highest BCUT2D eigenvalue weighted by Crippen LogP contribution is 2.19. The normalized spacial score (nSPS) is 13.9. The number of halogens is 1. The van der Waals surface area contributed by atoms with Crippen LogP contribution in [-0.4, -0.2) is 12.5 Å². The lowest BCUT2D eigenvalue weighted by Gasteiger charge is -2.18. The molecule has 0 saturated carbocycles. The highest BCUT2D eigenvalue weighted by atomic mass is 79.9. The monoisotopic (exact) mass is 326 g/mol. The van der Waals surface area contributed by atoms with Crippen LogP contribution >= 0.6 is 15.9 Å². The molecule has 0 fully saturated rings. The van der Waals surface area contributed by atoms with Gasteiger partial charge in [0.05, 0.1) is 6.04 Å². The van der Waals surface area contributed by atoms with Crippen LogP contribution in [0.1, 0.15) is 44.7 Å². The number of carbonyl (C=O) groups is 1. The SMILES string of the molecule is CCC(NC(=O)CCC(C)CN)c1ccc(Br)cc1. The molecule has 0 aliphatic carbocycles. The summed E-state index contributed by atoms with van der Waals surface area (Å²) in [6.07, 6.45) is 2.28. The summed E-state index contributed by atoms with van der Waals surface area (Å²) in [4.78, 5) is 11.9. The van der Waals surface area contributed by atoms with Gasteiger partial charge in [-0.25, -0.2) is 0 Å². The van der Waals surface area contributed by atoms with Crippen molar-refractivity contribution >= 4 is 21.8 Å². The summed E-state index contributed by atoms with van der Waals surface area (Å²) in [5.41, 5.74) is 6.70. The van der Waals surface area contributed by atoms with Crippen molar-refractivity contribution in [2.75, 3.05) is 6.54 Å². The Balaban J connectivity index is 2.52. The first-order valence-electron chi connectivity index (χ1n) is 6.81. The molecule has 4 heteroatoms. The summed E-state index contributed by atoms with van der Waals surface area (Å²) in [5.74, 6) is 0.508. The maximum Gasteiger partial charge on any atom is 0.220 e. The average molecular weight is 327 g/mol. The molecule has 1 aromatic rings. The van der Waals surface area contributed by atoms with Crippen LogP contribution in [0.4, 0.5) is 0 Å². The van der Waals surface area contributed by atoms with Crippen LogP contribution in [0.15, 0.2) is 28.7 Å². The number of nitrogens with two attached hydrogens (primary N) is 1. The Morgan fingerprint density at radius 2 is 2.00 bits per heavy atom. The molecule has 0 aliphatic heterocycles. The van der Waals surface area contributed by atoms with Crippen molar-refractivity contribution < 1.29 is 4.79 Å². The number of benzene rings is 1. The van der Waals surface area contributed by atoms with E-state index < -0.39 is 0 Å². The molecule has 0 radical (unpaired) electrons. The van der Waals surface area contributed by atoms with E-state index in [9.17, 15) is 4.79 Å². The Kier molecular flexibility index (Phi) is 7.10. The van der Waals surface area contributed by atoms with Gasteiger partial charge in [-0.1, -0.05) is 41.9 Å². The molecule has 2 atom stereocenters. The van der Waals surface area contributed by atoms with Gasteiger partial charge >= 0.3 is 0 Å². The number of carbonyl (C=O) groups excluding carboxylic acids is 1. The molecule has 1 amide bonds. The maximum atomic E-state index is 11.9. The van der Waals surface area contributed by atoms with E-state index in [0.29, 0.717) is 18.9 Å². The van der Waals surface area contributed by atoms with Gasteiger partial charge in [-0.05, 0) is 43.0 Å². The second kappa shape index (κ2) is 8.33. The zero-order valence-corrected chi connectivity index (χ0v) is 13.2. The number of rotatable bonds is 7. The Bertz CT molecular complexity index is 392. The lowest BCUT2D eigenvalue weighted by molar-refractivity contribution is -0.122. The van der Waals surface area contributed by atoms with E-state index in [1.807, 2.05) is 24.3 Å². The van der Waals surface area contributed by atoms with Gasteiger partial charge in [-0.3, -0.25) is 4.79 Å². The van der Waals surface area contributed by atoms with Crippen molar-refractivity contribution in [3.05, 3.63) is 34.3 Å². The van der Waals surface area contributed by atoms with Crippen molar-refractivity contribution in [1.29, 1.82) is 0 Å². The Morgan fingerprint density at radius 3 is 2.53 bits per heavy atom. The highest BCUT2D eigenvalue weighted by molar-refractivity contribution is 9.10. The molecule has 1 aromatic carbocycles. The Hall–Kier alpha value is -0.870. The van der Waals surface area contributed by atoms with Crippen molar-refractivity contribution in [3.63, 3.8) is 0 Å². The van der Waals surface area contributed by atoms with Crippen LogP contribution in [0.3, 0.4) is 0 Å². The number of nitrogens with one attached hydrogen (secondary N) is 1. The van der Waals surface area contributed by atoms with Crippen LogP contribution < -0.4 is 11.1 Å². The van der Waals surface area contributed by atoms with Crippen LogP contribution in [0.25, 0.3) is 0 Å². The zero-order valence-electron chi connectivity index (χ0n) is 11.7. The van der Waals surface area contributed by atoms with Crippen LogP contribution in [-0.2, 0) is 4.79 Å². The van der Waals surface area contributed by atoms with Crippen LogP contribution in [0, 0.1) is 5.92 Å². The molecular formula is C15H23BrN2O. The van der Waals surface area contributed by atoms with Crippen molar-refractivity contribution in [3.8, 4) is 0 Å². The van der Waals surface area contributed by atoms with Gasteiger partial charge in [0, 0.05) is 10.9 Å². The zero-order chi connectivity index (χ0) is 14.3. The number of hydrogen-bond acceptors (Lipinski definition) is 2. The Labute approximate surface area is 124 Å². The number of amides is 1. The fourth-order valence-corrected chi connectivity index (χ4v) is 2.14. The molecule has 3 nitrogen and oxygen atoms in total. The first kappa shape index (κ1) is 16.2. The molecule has 3 N–H and O–H groups in total. The summed E-state index contributed by atoms with van der Waals surface area (Å²) in [6, 6.07) is 8.18. The first-order valence-corrected chi connectivity index (χ1v) is 7.61. The minimum atomic E-state index is 0.0915. The smallest absolute Gasteiger partial charge is 0.220 e. The summed E-state index contributed by atoms with van der Waals surface area (Å²) < 4.78 is 1.05. The van der Waals surface area contributed by atoms with Gasteiger partial charge in [0.25, 0.3) is 0 Å². The summed E-state index contributed by atoms with van der Waals surface area (Å²) in [7, 11) is 0. The average Bonchev–Trinajstić information content (AvgIpc) is 2.43. The van der Waals surface area contributed by atoms with Gasteiger partial charge < -0.3 is 11.1 Å². The largest absolute Gasteiger partial charge is 0.349 e. The van der Waals surface area contributed by atoms with Gasteiger partial charge in [0.15, 0.2) is 0 Å².